The van der Waals surface area contributed by atoms with Crippen LogP contribution < -0.4 is 0 Å². The van der Waals surface area contributed by atoms with Crippen LogP contribution in [0.4, 0.5) is 0 Å². The Morgan fingerprint density at radius 3 is 1.26 bits per heavy atom. The van der Waals surface area contributed by atoms with Crippen molar-refractivity contribution in [3.63, 3.8) is 0 Å². The summed E-state index contributed by atoms with van der Waals surface area (Å²) in [7, 11) is 0. The lowest BCUT2D eigenvalue weighted by atomic mass is 10.1. The minimum absolute atomic E-state index is 0.0653. The summed E-state index contributed by atoms with van der Waals surface area (Å²) in [6.07, 6.45) is 0. The second-order valence-electron chi connectivity index (χ2n) is 10.3. The van der Waals surface area contributed by atoms with Crippen LogP contribution in [0.3, 0.4) is 0 Å². The van der Waals surface area contributed by atoms with Crippen molar-refractivity contribution in [1.82, 2.24) is 13.7 Å². The monoisotopic (exact) mass is 613 g/mol. The van der Waals surface area contributed by atoms with Gasteiger partial charge in [0.05, 0.1) is 80.1 Å². The molecule has 0 radical (unpaired) electrons. The summed E-state index contributed by atoms with van der Waals surface area (Å²) in [5.41, 5.74) is -6.06. The molecule has 3 heterocycles. The molecular formula is C43H29N3. The molecular weight excluding hydrogens is 558 g/mol. The van der Waals surface area contributed by atoms with E-state index in [0.717, 1.165) is 13.7 Å². The Morgan fingerprint density at radius 1 is 0.348 bits per heavy atom. The van der Waals surface area contributed by atoms with Crippen molar-refractivity contribution in [2.24, 2.45) is 0 Å². The molecule has 10 aromatic rings. The topological polar surface area (TPSA) is 14.8 Å². The summed E-state index contributed by atoms with van der Waals surface area (Å²) in [6, 6.07) is -22.2. The fourth-order valence-electron chi connectivity index (χ4n) is 5.94. The van der Waals surface area contributed by atoms with E-state index in [0.29, 0.717) is 0 Å². The van der Waals surface area contributed by atoms with E-state index >= 15 is 0 Å². The zero-order valence-electron chi connectivity index (χ0n) is 49.3. The van der Waals surface area contributed by atoms with Gasteiger partial charge in [-0.1, -0.05) is 96.2 Å². The molecule has 0 saturated carbocycles. The summed E-state index contributed by atoms with van der Waals surface area (Å²) < 4.78 is 238. The van der Waals surface area contributed by atoms with Crippen LogP contribution in [-0.4, -0.2) is 13.7 Å². The number of para-hydroxylation sites is 6. The molecule has 0 spiro atoms. The predicted octanol–water partition coefficient (Wildman–Crippen LogP) is 11.3. The van der Waals surface area contributed by atoms with Gasteiger partial charge in [-0.05, 0) is 73.4 Å². The van der Waals surface area contributed by atoms with E-state index in [1.807, 2.05) is 0 Å². The van der Waals surface area contributed by atoms with Crippen LogP contribution in [0.1, 0.15) is 41.2 Å². The standard InChI is InChI=1S/C43H29N3/c1-28-22-24-40-34(26-28)32-14-4-6-16-36(32)44(40)29-23-25-41-35(27-29)33-15-5-9-19-39(33)46(41)43-21-11-10-20-42(43)45-37-17-7-2-12-30(37)31-13-3-8-18-38(31)45/h2-27H,1H3/i2D,3D,4D,5D,6D,7D,8D,9D,10D,11D,12D,13D,14D,15D,16D,17D,18D,19D,20D,21D,22D,23D,24D,25D,26D,27D. The van der Waals surface area contributed by atoms with Crippen LogP contribution in [0.2, 0.25) is 0 Å². The lowest BCUT2D eigenvalue weighted by molar-refractivity contribution is 1.09. The van der Waals surface area contributed by atoms with Crippen molar-refractivity contribution in [1.29, 1.82) is 0 Å². The zero-order chi connectivity index (χ0) is 53.0. The molecule has 10 rings (SSSR count). The quantitative estimate of drug-likeness (QED) is 0.188. The predicted molar refractivity (Wildman–Crippen MR) is 194 cm³/mol. The maximum atomic E-state index is 10.0. The van der Waals surface area contributed by atoms with E-state index in [9.17, 15) is 9.60 Å². The fraction of sp³-hybridized carbons (Fsp3) is 0.0233. The van der Waals surface area contributed by atoms with Crippen LogP contribution in [0.15, 0.2) is 157 Å². The van der Waals surface area contributed by atoms with E-state index < -0.39 is 229 Å². The Labute approximate surface area is 302 Å². The van der Waals surface area contributed by atoms with Crippen LogP contribution in [0, 0.1) is 6.92 Å². The molecule has 3 aromatic heterocycles. The van der Waals surface area contributed by atoms with Crippen molar-refractivity contribution < 1.29 is 35.6 Å². The summed E-state index contributed by atoms with van der Waals surface area (Å²) in [5, 5.41) is -2.86. The smallest absolute Gasteiger partial charge is 0.0702 e. The van der Waals surface area contributed by atoms with E-state index in [4.69, 9.17) is 26.0 Å². The molecule has 0 amide bonds. The van der Waals surface area contributed by atoms with Crippen molar-refractivity contribution in [2.75, 3.05) is 0 Å². The number of benzene rings is 7. The molecule has 3 heteroatoms. The van der Waals surface area contributed by atoms with Crippen molar-refractivity contribution in [2.45, 2.75) is 6.92 Å². The van der Waals surface area contributed by atoms with Gasteiger partial charge in [0.15, 0.2) is 0 Å². The van der Waals surface area contributed by atoms with Gasteiger partial charge in [0, 0.05) is 38.0 Å². The molecule has 7 aromatic carbocycles. The van der Waals surface area contributed by atoms with Crippen LogP contribution in [-0.2, 0) is 0 Å². The Kier molecular flexibility index (Phi) is 2.22. The van der Waals surface area contributed by atoms with Gasteiger partial charge in [-0.3, -0.25) is 0 Å². The molecule has 0 aliphatic carbocycles. The van der Waals surface area contributed by atoms with E-state index in [-0.39, 0.29) is 16.3 Å². The number of hydrogen-bond donors (Lipinski definition) is 0. The molecule has 0 bridgehead atoms. The second kappa shape index (κ2) is 9.47. The molecule has 0 saturated heterocycles. The Hall–Kier alpha value is -6.06. The number of fused-ring (bicyclic) bond motifs is 9. The molecule has 0 atom stereocenters. The third-order valence-corrected chi connectivity index (χ3v) is 7.78. The molecule has 0 N–H and O–H groups in total. The van der Waals surface area contributed by atoms with E-state index in [2.05, 4.69) is 0 Å². The molecule has 0 unspecified atom stereocenters. The van der Waals surface area contributed by atoms with Crippen molar-refractivity contribution >= 4 is 65.4 Å². The first-order valence-corrected chi connectivity index (χ1v) is 13.8. The van der Waals surface area contributed by atoms with Crippen LogP contribution in [0.5, 0.6) is 0 Å². The molecule has 216 valence electrons. The summed E-state index contributed by atoms with van der Waals surface area (Å²) >= 11 is 0. The number of nitrogens with zero attached hydrogens (tertiary/aromatic N) is 3. The van der Waals surface area contributed by atoms with Gasteiger partial charge in [-0.2, -0.15) is 0 Å². The Bertz CT molecular complexity index is 4140. The molecule has 46 heavy (non-hydrogen) atoms. The normalized spacial score (nSPS) is 19.9. The first-order chi connectivity index (χ1) is 33.6. The van der Waals surface area contributed by atoms with Gasteiger partial charge >= 0.3 is 0 Å². The van der Waals surface area contributed by atoms with Gasteiger partial charge in [-0.25, -0.2) is 0 Å². The SMILES string of the molecule is [2H]c1c([2H])c([2H])c(-n2c3c([2H])c([2H])c([2H])c([2H])c3c3c([2H])c(-n4c5c([2H])c([2H])c([2H])c([2H])c5c5c([2H])c(C)c([2H])c([2H])c54)c([2H])c([2H])c32)c(-n2c3c([2H])c([2H])c([2H])c([2H])c3c3c([2H])c([2H])c([2H])c([2H])c32)c1[2H]. The maximum absolute atomic E-state index is 10.0. The molecule has 3 nitrogen and oxygen atoms in total. The second-order valence-corrected chi connectivity index (χ2v) is 10.3. The number of hydrogen-bond acceptors (Lipinski definition) is 0. The minimum Gasteiger partial charge on any atom is -0.309 e. The lowest BCUT2D eigenvalue weighted by Gasteiger charge is -2.16. The Morgan fingerprint density at radius 2 is 0.717 bits per heavy atom. The third-order valence-electron chi connectivity index (χ3n) is 7.78. The lowest BCUT2D eigenvalue weighted by Crippen LogP contribution is -2.03. The zero-order valence-corrected chi connectivity index (χ0v) is 23.3. The molecule has 0 fully saturated rings. The van der Waals surface area contributed by atoms with E-state index in [1.165, 1.54) is 6.92 Å². The number of aromatic nitrogens is 3. The van der Waals surface area contributed by atoms with Gasteiger partial charge < -0.3 is 13.7 Å². The van der Waals surface area contributed by atoms with Crippen molar-refractivity contribution in [3.05, 3.63) is 163 Å². The summed E-state index contributed by atoms with van der Waals surface area (Å²) in [6.45, 7) is 1.34. The van der Waals surface area contributed by atoms with Gasteiger partial charge in [0.1, 0.15) is 0 Å². The summed E-state index contributed by atoms with van der Waals surface area (Å²) in [4.78, 5) is 0. The average molecular weight is 614 g/mol. The highest BCUT2D eigenvalue weighted by atomic mass is 15.1. The van der Waals surface area contributed by atoms with Crippen LogP contribution in [0.25, 0.3) is 82.5 Å². The highest BCUT2D eigenvalue weighted by Gasteiger charge is 2.20. The molecule has 0 aliphatic heterocycles. The minimum atomic E-state index is -1.05. The molecule has 0 aliphatic rings. The van der Waals surface area contributed by atoms with Crippen LogP contribution >= 0.6 is 0 Å². The average Bonchev–Trinajstić information content (AvgIpc) is 4.02. The highest BCUT2D eigenvalue weighted by molar-refractivity contribution is 6.13. The largest absolute Gasteiger partial charge is 0.309 e. The first-order valence-electron chi connectivity index (χ1n) is 26.8. The highest BCUT2D eigenvalue weighted by Crippen LogP contribution is 2.40. The van der Waals surface area contributed by atoms with Gasteiger partial charge in [0.25, 0.3) is 0 Å². The summed E-state index contributed by atoms with van der Waals surface area (Å²) in [5.74, 6) is 0. The Balaban J connectivity index is 1.53. The first kappa shape index (κ1) is 10.8. The van der Waals surface area contributed by atoms with Gasteiger partial charge in [-0.15, -0.1) is 0 Å². The number of rotatable bonds is 3. The fourth-order valence-corrected chi connectivity index (χ4v) is 5.94. The maximum Gasteiger partial charge on any atom is 0.0702 e. The van der Waals surface area contributed by atoms with Gasteiger partial charge in [0.2, 0.25) is 0 Å². The van der Waals surface area contributed by atoms with Crippen molar-refractivity contribution in [3.8, 4) is 17.1 Å². The third kappa shape index (κ3) is 3.43. The van der Waals surface area contributed by atoms with E-state index in [1.54, 1.807) is 0 Å².